The van der Waals surface area contributed by atoms with Crippen LogP contribution in [0.3, 0.4) is 0 Å². The molecule has 2 heterocycles. The second kappa shape index (κ2) is 8.46. The number of aryl methyl sites for hydroxylation is 1. The Hall–Kier alpha value is -2.17. The van der Waals surface area contributed by atoms with Gasteiger partial charge in [0.15, 0.2) is 0 Å². The fourth-order valence-electron chi connectivity index (χ4n) is 2.54. The van der Waals surface area contributed by atoms with E-state index in [0.29, 0.717) is 0 Å². The maximum absolute atomic E-state index is 4.44. The number of nitrogens with zero attached hydrogens (tertiary/aromatic N) is 4. The number of pyridine rings is 1. The zero-order chi connectivity index (χ0) is 15.2. The smallest absolute Gasteiger partial charge is 0.0544 e. The molecule has 120 valence electrons. The van der Waals surface area contributed by atoms with Crippen molar-refractivity contribution in [1.29, 1.82) is 0 Å². The topological polar surface area (TPSA) is 34.0 Å². The van der Waals surface area contributed by atoms with Crippen molar-refractivity contribution in [3.05, 3.63) is 83.9 Å². The average molecular weight is 329 g/mol. The summed E-state index contributed by atoms with van der Waals surface area (Å²) in [6.45, 7) is 2.58. The zero-order valence-corrected chi connectivity index (χ0v) is 14.0. The van der Waals surface area contributed by atoms with Gasteiger partial charge in [0.05, 0.1) is 11.9 Å². The number of benzene rings is 1. The summed E-state index contributed by atoms with van der Waals surface area (Å²) in [6, 6.07) is 16.6. The first kappa shape index (κ1) is 17.2. The quantitative estimate of drug-likeness (QED) is 0.695. The van der Waals surface area contributed by atoms with E-state index >= 15 is 0 Å². The number of halogens is 1. The summed E-state index contributed by atoms with van der Waals surface area (Å²) in [5.74, 6) is 0. The van der Waals surface area contributed by atoms with Crippen LogP contribution in [0.25, 0.3) is 0 Å². The summed E-state index contributed by atoms with van der Waals surface area (Å²) >= 11 is 0. The van der Waals surface area contributed by atoms with E-state index in [-0.39, 0.29) is 12.4 Å². The van der Waals surface area contributed by atoms with Crippen LogP contribution >= 0.6 is 12.4 Å². The predicted octanol–water partition coefficient (Wildman–Crippen LogP) is 3.44. The molecule has 0 bridgehead atoms. The molecule has 4 nitrogen and oxygen atoms in total. The van der Waals surface area contributed by atoms with Crippen molar-refractivity contribution in [2.75, 3.05) is 0 Å². The SMILES string of the molecule is Cl.Cn1cc(CN(Cc2ccccc2)Cc2ccccn2)cn1. The van der Waals surface area contributed by atoms with Crippen LogP contribution in [0, 0.1) is 0 Å². The second-order valence-corrected chi connectivity index (χ2v) is 5.47. The van der Waals surface area contributed by atoms with Crippen molar-refractivity contribution in [2.24, 2.45) is 7.05 Å². The Kier molecular flexibility index (Phi) is 6.32. The molecular weight excluding hydrogens is 308 g/mol. The first-order valence-electron chi connectivity index (χ1n) is 7.43. The molecule has 0 N–H and O–H groups in total. The molecule has 3 aromatic rings. The van der Waals surface area contributed by atoms with Gasteiger partial charge in [-0.25, -0.2) is 0 Å². The van der Waals surface area contributed by atoms with E-state index in [1.807, 2.05) is 42.3 Å². The molecule has 3 rings (SSSR count). The van der Waals surface area contributed by atoms with E-state index in [2.05, 4.69) is 51.5 Å². The van der Waals surface area contributed by atoms with Crippen molar-refractivity contribution < 1.29 is 0 Å². The third-order valence-electron chi connectivity index (χ3n) is 3.53. The van der Waals surface area contributed by atoms with Crippen LogP contribution in [0.15, 0.2) is 67.1 Å². The molecule has 2 aromatic heterocycles. The largest absolute Gasteiger partial charge is 0.289 e. The van der Waals surface area contributed by atoms with Crippen molar-refractivity contribution in [3.8, 4) is 0 Å². The highest BCUT2D eigenvalue weighted by molar-refractivity contribution is 5.85. The third-order valence-corrected chi connectivity index (χ3v) is 3.53. The van der Waals surface area contributed by atoms with Crippen LogP contribution in [0.1, 0.15) is 16.8 Å². The molecule has 0 spiro atoms. The second-order valence-electron chi connectivity index (χ2n) is 5.47. The van der Waals surface area contributed by atoms with E-state index in [0.717, 1.165) is 25.3 Å². The molecule has 0 atom stereocenters. The summed E-state index contributed by atoms with van der Waals surface area (Å²) in [5, 5.41) is 4.26. The molecule has 0 fully saturated rings. The van der Waals surface area contributed by atoms with Crippen molar-refractivity contribution in [2.45, 2.75) is 19.6 Å². The highest BCUT2D eigenvalue weighted by atomic mass is 35.5. The van der Waals surface area contributed by atoms with Gasteiger partial charge in [-0.1, -0.05) is 36.4 Å². The maximum atomic E-state index is 4.44. The van der Waals surface area contributed by atoms with Gasteiger partial charge in [0.1, 0.15) is 0 Å². The summed E-state index contributed by atoms with van der Waals surface area (Å²) < 4.78 is 1.84. The van der Waals surface area contributed by atoms with Crippen molar-refractivity contribution >= 4 is 12.4 Å². The molecule has 0 aliphatic heterocycles. The molecule has 0 saturated carbocycles. The molecule has 23 heavy (non-hydrogen) atoms. The maximum Gasteiger partial charge on any atom is 0.0544 e. The van der Waals surface area contributed by atoms with Gasteiger partial charge in [-0.05, 0) is 17.7 Å². The van der Waals surface area contributed by atoms with Crippen LogP contribution in [0.4, 0.5) is 0 Å². The molecule has 0 aliphatic carbocycles. The molecule has 0 aliphatic rings. The Labute approximate surface area is 143 Å². The predicted molar refractivity (Wildman–Crippen MR) is 94.1 cm³/mol. The van der Waals surface area contributed by atoms with Crippen LogP contribution in [0.5, 0.6) is 0 Å². The number of aromatic nitrogens is 3. The van der Waals surface area contributed by atoms with Crippen molar-refractivity contribution in [1.82, 2.24) is 19.7 Å². The third kappa shape index (κ3) is 5.20. The highest BCUT2D eigenvalue weighted by Gasteiger charge is 2.10. The number of hydrogen-bond donors (Lipinski definition) is 0. The van der Waals surface area contributed by atoms with E-state index in [4.69, 9.17) is 0 Å². The van der Waals surface area contributed by atoms with Gasteiger partial charge in [0.2, 0.25) is 0 Å². The normalized spacial score (nSPS) is 10.5. The molecule has 5 heteroatoms. The van der Waals surface area contributed by atoms with Gasteiger partial charge < -0.3 is 0 Å². The van der Waals surface area contributed by atoms with Gasteiger partial charge in [-0.2, -0.15) is 5.10 Å². The summed E-state index contributed by atoms with van der Waals surface area (Å²) in [7, 11) is 1.95. The molecule has 0 unspecified atom stereocenters. The lowest BCUT2D eigenvalue weighted by Crippen LogP contribution is -2.22. The van der Waals surface area contributed by atoms with Crippen LogP contribution < -0.4 is 0 Å². The highest BCUT2D eigenvalue weighted by Crippen LogP contribution is 2.12. The molecule has 1 aromatic carbocycles. The lowest BCUT2D eigenvalue weighted by Gasteiger charge is -2.21. The number of hydrogen-bond acceptors (Lipinski definition) is 3. The Bertz CT molecular complexity index is 656. The van der Waals surface area contributed by atoms with Gasteiger partial charge in [0.25, 0.3) is 0 Å². The van der Waals surface area contributed by atoms with E-state index in [1.165, 1.54) is 11.1 Å². The minimum absolute atomic E-state index is 0. The average Bonchev–Trinajstić information content (AvgIpc) is 2.94. The van der Waals surface area contributed by atoms with E-state index in [9.17, 15) is 0 Å². The van der Waals surface area contributed by atoms with Gasteiger partial charge >= 0.3 is 0 Å². The first-order chi connectivity index (χ1) is 10.8. The van der Waals surface area contributed by atoms with Gasteiger partial charge in [-0.15, -0.1) is 12.4 Å². The summed E-state index contributed by atoms with van der Waals surface area (Å²) in [4.78, 5) is 6.83. The van der Waals surface area contributed by atoms with Crippen LogP contribution in [-0.4, -0.2) is 19.7 Å². The minimum atomic E-state index is 0. The van der Waals surface area contributed by atoms with E-state index < -0.39 is 0 Å². The zero-order valence-electron chi connectivity index (χ0n) is 13.2. The molecule has 0 radical (unpaired) electrons. The fourth-order valence-corrected chi connectivity index (χ4v) is 2.54. The fraction of sp³-hybridized carbons (Fsp3) is 0.222. The first-order valence-corrected chi connectivity index (χ1v) is 7.43. The minimum Gasteiger partial charge on any atom is -0.289 e. The Morgan fingerprint density at radius 3 is 2.30 bits per heavy atom. The van der Waals surface area contributed by atoms with Gasteiger partial charge in [-0.3, -0.25) is 14.6 Å². The lowest BCUT2D eigenvalue weighted by molar-refractivity contribution is 0.244. The monoisotopic (exact) mass is 328 g/mol. The standard InChI is InChI=1S/C18H20N4.ClH/c1-21-12-17(11-20-21)14-22(13-16-7-3-2-4-8-16)15-18-9-5-6-10-19-18;/h2-12H,13-15H2,1H3;1H. The molecule has 0 amide bonds. The Morgan fingerprint density at radius 2 is 1.65 bits per heavy atom. The summed E-state index contributed by atoms with van der Waals surface area (Å²) in [5.41, 5.74) is 3.61. The summed E-state index contributed by atoms with van der Waals surface area (Å²) in [6.07, 6.45) is 5.84. The van der Waals surface area contributed by atoms with Crippen LogP contribution in [-0.2, 0) is 26.7 Å². The Morgan fingerprint density at radius 1 is 0.913 bits per heavy atom. The van der Waals surface area contributed by atoms with Crippen LogP contribution in [0.2, 0.25) is 0 Å². The Balaban J connectivity index is 0.00000192. The molecule has 0 saturated heterocycles. The van der Waals surface area contributed by atoms with Crippen molar-refractivity contribution in [3.63, 3.8) is 0 Å². The number of rotatable bonds is 6. The van der Waals surface area contributed by atoms with E-state index in [1.54, 1.807) is 0 Å². The lowest BCUT2D eigenvalue weighted by atomic mass is 10.2. The van der Waals surface area contributed by atoms with Gasteiger partial charge in [0, 0.05) is 44.6 Å². The molecular formula is C18H21ClN4.